The molecule has 1 aromatic rings. The van der Waals surface area contributed by atoms with Crippen molar-refractivity contribution < 1.29 is 14.0 Å². The molecular formula is C17H27N5O3. The summed E-state index contributed by atoms with van der Waals surface area (Å²) in [6, 6.07) is 3.59. The molecule has 0 radical (unpaired) electrons. The Morgan fingerprint density at radius 1 is 1.36 bits per heavy atom. The van der Waals surface area contributed by atoms with E-state index in [0.717, 1.165) is 25.9 Å². The molecule has 0 aromatic carbocycles. The normalized spacial score (nSPS) is 14.7. The smallest absolute Gasteiger partial charge is 0.242 e. The van der Waals surface area contributed by atoms with Gasteiger partial charge in [0.2, 0.25) is 11.8 Å². The minimum atomic E-state index is -0.170. The van der Waals surface area contributed by atoms with Crippen LogP contribution in [0.2, 0.25) is 0 Å². The lowest BCUT2D eigenvalue weighted by Gasteiger charge is -2.16. The van der Waals surface area contributed by atoms with E-state index in [-0.39, 0.29) is 18.4 Å². The lowest BCUT2D eigenvalue weighted by molar-refractivity contribution is -0.127. The Balaban J connectivity index is 1.66. The molecule has 3 N–H and O–H groups in total. The molecule has 2 amide bonds. The molecule has 8 heteroatoms. The van der Waals surface area contributed by atoms with Crippen LogP contribution in [-0.4, -0.2) is 55.4 Å². The summed E-state index contributed by atoms with van der Waals surface area (Å²) in [5.74, 6) is 1.38. The fourth-order valence-corrected chi connectivity index (χ4v) is 2.56. The first-order valence-corrected chi connectivity index (χ1v) is 8.78. The van der Waals surface area contributed by atoms with Gasteiger partial charge in [-0.1, -0.05) is 0 Å². The number of guanidine groups is 1. The third kappa shape index (κ3) is 6.86. The first-order valence-electron chi connectivity index (χ1n) is 8.78. The third-order valence-corrected chi connectivity index (χ3v) is 3.83. The zero-order valence-corrected chi connectivity index (χ0v) is 14.7. The van der Waals surface area contributed by atoms with E-state index >= 15 is 0 Å². The van der Waals surface area contributed by atoms with Crippen LogP contribution in [0, 0.1) is 0 Å². The first kappa shape index (κ1) is 18.8. The van der Waals surface area contributed by atoms with Gasteiger partial charge in [0, 0.05) is 32.6 Å². The topological polar surface area (TPSA) is 99.0 Å². The summed E-state index contributed by atoms with van der Waals surface area (Å²) in [7, 11) is 0. The molecule has 0 spiro atoms. The van der Waals surface area contributed by atoms with Crippen LogP contribution in [0.1, 0.15) is 31.9 Å². The summed E-state index contributed by atoms with van der Waals surface area (Å²) in [5.41, 5.74) is 0. The monoisotopic (exact) mass is 349 g/mol. The van der Waals surface area contributed by atoms with Crippen molar-refractivity contribution in [2.24, 2.45) is 4.99 Å². The molecule has 0 atom stereocenters. The van der Waals surface area contributed by atoms with E-state index in [1.165, 1.54) is 0 Å². The predicted octanol–water partition coefficient (Wildman–Crippen LogP) is 0.463. The van der Waals surface area contributed by atoms with Gasteiger partial charge < -0.3 is 25.3 Å². The summed E-state index contributed by atoms with van der Waals surface area (Å²) < 4.78 is 5.16. The summed E-state index contributed by atoms with van der Waals surface area (Å²) in [6.45, 7) is 5.40. The molecule has 0 aliphatic carbocycles. The highest BCUT2D eigenvalue weighted by Gasteiger charge is 2.18. The molecular weight excluding hydrogens is 322 g/mol. The molecule has 138 valence electrons. The average Bonchev–Trinajstić information content (AvgIpc) is 3.26. The van der Waals surface area contributed by atoms with Gasteiger partial charge in [0.25, 0.3) is 0 Å². The lowest BCUT2D eigenvalue weighted by Crippen LogP contribution is -2.39. The van der Waals surface area contributed by atoms with Gasteiger partial charge in [-0.15, -0.1) is 0 Å². The van der Waals surface area contributed by atoms with Crippen LogP contribution in [0.4, 0.5) is 0 Å². The van der Waals surface area contributed by atoms with Crippen LogP contribution in [0.3, 0.4) is 0 Å². The van der Waals surface area contributed by atoms with Crippen molar-refractivity contribution >= 4 is 17.8 Å². The van der Waals surface area contributed by atoms with Gasteiger partial charge >= 0.3 is 0 Å². The number of likely N-dealkylation sites (tertiary alicyclic amines) is 1. The predicted molar refractivity (Wildman–Crippen MR) is 95.0 cm³/mol. The molecule has 8 nitrogen and oxygen atoms in total. The molecule has 2 rings (SSSR count). The van der Waals surface area contributed by atoms with E-state index in [4.69, 9.17) is 4.42 Å². The molecule has 25 heavy (non-hydrogen) atoms. The zero-order chi connectivity index (χ0) is 17.9. The van der Waals surface area contributed by atoms with Crippen LogP contribution < -0.4 is 16.0 Å². The van der Waals surface area contributed by atoms with Crippen molar-refractivity contribution in [3.8, 4) is 0 Å². The molecule has 2 heterocycles. The van der Waals surface area contributed by atoms with E-state index in [1.807, 2.05) is 11.8 Å². The molecule has 1 aliphatic heterocycles. The minimum absolute atomic E-state index is 0.0423. The second-order valence-electron chi connectivity index (χ2n) is 5.82. The number of furan rings is 1. The minimum Gasteiger partial charge on any atom is -0.467 e. The SMILES string of the molecule is CCNC(=NCC(=O)NCc1ccco1)NCCCN1CCCC1=O. The van der Waals surface area contributed by atoms with E-state index in [1.54, 1.807) is 18.4 Å². The molecule has 1 fully saturated rings. The highest BCUT2D eigenvalue weighted by molar-refractivity contribution is 5.84. The van der Waals surface area contributed by atoms with Crippen LogP contribution in [0.25, 0.3) is 0 Å². The van der Waals surface area contributed by atoms with Crippen LogP contribution in [0.5, 0.6) is 0 Å². The van der Waals surface area contributed by atoms with Gasteiger partial charge in [-0.25, -0.2) is 4.99 Å². The Morgan fingerprint density at radius 2 is 2.24 bits per heavy atom. The van der Waals surface area contributed by atoms with Crippen molar-refractivity contribution in [3.05, 3.63) is 24.2 Å². The number of nitrogens with one attached hydrogen (secondary N) is 3. The molecule has 1 aromatic heterocycles. The van der Waals surface area contributed by atoms with Crippen molar-refractivity contribution in [1.82, 2.24) is 20.9 Å². The van der Waals surface area contributed by atoms with E-state index in [9.17, 15) is 9.59 Å². The van der Waals surface area contributed by atoms with Crippen molar-refractivity contribution in [1.29, 1.82) is 0 Å². The van der Waals surface area contributed by atoms with Crippen molar-refractivity contribution in [3.63, 3.8) is 0 Å². The van der Waals surface area contributed by atoms with Gasteiger partial charge in [0.05, 0.1) is 12.8 Å². The second kappa shape index (κ2) is 10.4. The highest BCUT2D eigenvalue weighted by Crippen LogP contribution is 2.09. The number of amides is 2. The maximum absolute atomic E-state index is 11.8. The standard InChI is InChI=1S/C17H27N5O3/c1-2-18-17(19-8-5-10-22-9-3-7-16(22)24)21-13-15(23)20-12-14-6-4-11-25-14/h4,6,11H,2-3,5,7-10,12-13H2,1H3,(H,20,23)(H2,18,19,21). The Hall–Kier alpha value is -2.51. The third-order valence-electron chi connectivity index (χ3n) is 3.83. The van der Waals surface area contributed by atoms with Crippen LogP contribution >= 0.6 is 0 Å². The number of hydrogen-bond acceptors (Lipinski definition) is 4. The van der Waals surface area contributed by atoms with E-state index in [0.29, 0.717) is 37.8 Å². The van der Waals surface area contributed by atoms with E-state index in [2.05, 4.69) is 20.9 Å². The Kier molecular flexibility index (Phi) is 7.81. The summed E-state index contributed by atoms with van der Waals surface area (Å²) in [6.07, 6.45) is 4.05. The molecule has 0 saturated carbocycles. The number of aliphatic imine (C=N–C) groups is 1. The number of carbonyl (C=O) groups is 2. The number of rotatable bonds is 9. The number of hydrogen-bond donors (Lipinski definition) is 3. The summed E-state index contributed by atoms with van der Waals surface area (Å²) >= 11 is 0. The van der Waals surface area contributed by atoms with Crippen LogP contribution in [-0.2, 0) is 16.1 Å². The largest absolute Gasteiger partial charge is 0.467 e. The number of nitrogens with zero attached hydrogens (tertiary/aromatic N) is 2. The molecule has 1 aliphatic rings. The Labute approximate surface area is 148 Å². The van der Waals surface area contributed by atoms with Gasteiger partial charge in [-0.2, -0.15) is 0 Å². The number of carbonyl (C=O) groups excluding carboxylic acids is 2. The zero-order valence-electron chi connectivity index (χ0n) is 14.7. The molecule has 1 saturated heterocycles. The quantitative estimate of drug-likeness (QED) is 0.342. The van der Waals surface area contributed by atoms with Crippen molar-refractivity contribution in [2.75, 3.05) is 32.7 Å². The maximum Gasteiger partial charge on any atom is 0.242 e. The van der Waals surface area contributed by atoms with Crippen molar-refractivity contribution in [2.45, 2.75) is 32.7 Å². The lowest BCUT2D eigenvalue weighted by atomic mass is 10.4. The summed E-state index contributed by atoms with van der Waals surface area (Å²) in [5, 5.41) is 9.04. The maximum atomic E-state index is 11.8. The first-order chi connectivity index (χ1) is 12.2. The van der Waals surface area contributed by atoms with Gasteiger partial charge in [0.15, 0.2) is 5.96 Å². The van der Waals surface area contributed by atoms with E-state index < -0.39 is 0 Å². The fourth-order valence-electron chi connectivity index (χ4n) is 2.56. The fraction of sp³-hybridized carbons (Fsp3) is 0.588. The molecule has 0 bridgehead atoms. The van der Waals surface area contributed by atoms with Gasteiger partial charge in [0.1, 0.15) is 12.3 Å². The summed E-state index contributed by atoms with van der Waals surface area (Å²) in [4.78, 5) is 29.5. The second-order valence-corrected chi connectivity index (χ2v) is 5.82. The Bertz CT molecular complexity index is 571. The van der Waals surface area contributed by atoms with Crippen LogP contribution in [0.15, 0.2) is 27.8 Å². The molecule has 0 unspecified atom stereocenters. The average molecular weight is 349 g/mol. The highest BCUT2D eigenvalue weighted by atomic mass is 16.3. The van der Waals surface area contributed by atoms with Gasteiger partial charge in [-0.3, -0.25) is 9.59 Å². The van der Waals surface area contributed by atoms with Gasteiger partial charge in [-0.05, 0) is 31.9 Å². The Morgan fingerprint density at radius 3 is 2.92 bits per heavy atom.